The van der Waals surface area contributed by atoms with Gasteiger partial charge in [0.1, 0.15) is 10.6 Å². The number of hydrogen-bond acceptors (Lipinski definition) is 7. The first kappa shape index (κ1) is 32.9. The largest absolute Gasteiger partial charge is 0.444 e. The van der Waals surface area contributed by atoms with Crippen LogP contribution in [0.4, 0.5) is 4.79 Å². The van der Waals surface area contributed by atoms with E-state index in [2.05, 4.69) is 4.98 Å². The van der Waals surface area contributed by atoms with E-state index in [4.69, 9.17) is 20.3 Å². The second-order valence-electron chi connectivity index (χ2n) is 12.7. The number of nitrogens with zero attached hydrogens (tertiary/aromatic N) is 3. The van der Waals surface area contributed by atoms with Gasteiger partial charge in [-0.25, -0.2) is 15.2 Å². The van der Waals surface area contributed by atoms with Crippen LogP contribution >= 0.6 is 11.3 Å². The van der Waals surface area contributed by atoms with Crippen LogP contribution in [0.5, 0.6) is 0 Å². The molecule has 1 saturated heterocycles. The van der Waals surface area contributed by atoms with Crippen molar-refractivity contribution >= 4 is 35.1 Å². The molecule has 2 amide bonds. The van der Waals surface area contributed by atoms with E-state index in [9.17, 15) is 9.59 Å². The van der Waals surface area contributed by atoms with Crippen LogP contribution in [-0.2, 0) is 9.47 Å². The molecule has 0 radical (unpaired) electrons. The Hall–Kier alpha value is -4.05. The average molecular weight is 619 g/mol. The summed E-state index contributed by atoms with van der Waals surface area (Å²) in [5, 5.41) is 18.5. The molecule has 2 aromatic carbocycles. The number of nitrogens with one attached hydrogen (secondary N) is 1. The lowest BCUT2D eigenvalue weighted by Crippen LogP contribution is -2.66. The number of amides is 2. The number of aryl methyl sites for hydroxylation is 2. The lowest BCUT2D eigenvalue weighted by atomic mass is 9.80. The van der Waals surface area contributed by atoms with E-state index in [1.165, 1.54) is 4.90 Å². The third-order valence-corrected chi connectivity index (χ3v) is 9.30. The van der Waals surface area contributed by atoms with Crippen molar-refractivity contribution < 1.29 is 24.5 Å². The number of thiazole rings is 1. The molecule has 0 bridgehead atoms. The van der Waals surface area contributed by atoms with Gasteiger partial charge in [0.05, 0.1) is 6.04 Å². The van der Waals surface area contributed by atoms with E-state index < -0.39 is 17.2 Å². The van der Waals surface area contributed by atoms with E-state index in [1.807, 2.05) is 67.4 Å². The predicted octanol–water partition coefficient (Wildman–Crippen LogP) is 5.67. The summed E-state index contributed by atoms with van der Waals surface area (Å²) in [6, 6.07) is 14.9. The highest BCUT2D eigenvalue weighted by Gasteiger charge is 2.50. The van der Waals surface area contributed by atoms with Gasteiger partial charge >= 0.3 is 12.0 Å². The average Bonchev–Trinajstić information content (AvgIpc) is 3.63. The van der Waals surface area contributed by atoms with Gasteiger partial charge in [0.25, 0.3) is 5.91 Å². The number of likely N-dealkylation sites (tertiary alicyclic amines) is 1. The topological polar surface area (TPSA) is 121 Å². The van der Waals surface area contributed by atoms with Gasteiger partial charge in [-0.05, 0) is 83.7 Å². The molecular weight excluding hydrogens is 574 g/mol. The van der Waals surface area contributed by atoms with Gasteiger partial charge in [-0.1, -0.05) is 37.3 Å². The Bertz CT molecular complexity index is 1550. The number of rotatable bonds is 7. The van der Waals surface area contributed by atoms with Gasteiger partial charge < -0.3 is 14.4 Å². The van der Waals surface area contributed by atoms with Crippen LogP contribution in [-0.4, -0.2) is 63.3 Å². The molecule has 3 atom stereocenters. The molecule has 1 aromatic heterocycles. The molecule has 1 unspecified atom stereocenters. The fraction of sp³-hybridized carbons (Fsp3) is 0.441. The summed E-state index contributed by atoms with van der Waals surface area (Å²) in [7, 11) is 1.62. The van der Waals surface area contributed by atoms with Crippen LogP contribution in [0.25, 0.3) is 0 Å². The molecule has 3 N–H and O–H groups in total. The van der Waals surface area contributed by atoms with Crippen LogP contribution in [0, 0.1) is 19.3 Å². The van der Waals surface area contributed by atoms with Crippen LogP contribution in [0.1, 0.15) is 97.2 Å². The highest BCUT2D eigenvalue weighted by atomic mass is 32.1. The second kappa shape index (κ2) is 12.9. The summed E-state index contributed by atoms with van der Waals surface area (Å²) in [5.74, 6) is -0.703. The summed E-state index contributed by atoms with van der Waals surface area (Å²) in [4.78, 5) is 35.0. The Labute approximate surface area is 264 Å². The third-order valence-electron chi connectivity index (χ3n) is 8.24. The number of hydrogen-bond donors (Lipinski definition) is 2. The first-order valence-corrected chi connectivity index (χ1v) is 15.8. The molecule has 1 fully saturated rings. The number of benzene rings is 2. The van der Waals surface area contributed by atoms with Gasteiger partial charge in [-0.3, -0.25) is 15.1 Å². The molecule has 44 heavy (non-hydrogen) atoms. The molecule has 234 valence electrons. The zero-order valence-electron chi connectivity index (χ0n) is 26.9. The minimum absolute atomic E-state index is 0.0414. The predicted molar refractivity (Wildman–Crippen MR) is 173 cm³/mol. The van der Waals surface area contributed by atoms with E-state index in [0.29, 0.717) is 17.7 Å². The number of carbonyl (C=O) groups excluding carboxylic acids is 2. The molecule has 4 rings (SSSR count). The molecule has 0 spiro atoms. The van der Waals surface area contributed by atoms with Crippen molar-refractivity contribution in [2.45, 2.75) is 84.4 Å². The third kappa shape index (κ3) is 7.01. The van der Waals surface area contributed by atoms with Gasteiger partial charge in [0.15, 0.2) is 5.54 Å². The Balaban J connectivity index is 1.61. The van der Waals surface area contributed by atoms with Crippen LogP contribution < -0.4 is 5.41 Å². The molecule has 0 saturated carbocycles. The summed E-state index contributed by atoms with van der Waals surface area (Å²) in [5.41, 5.74) is 1.65. The summed E-state index contributed by atoms with van der Waals surface area (Å²) >= 11 is 1.58. The lowest BCUT2D eigenvalue weighted by molar-refractivity contribution is -0.149. The van der Waals surface area contributed by atoms with Crippen molar-refractivity contribution in [2.75, 3.05) is 13.6 Å². The number of ether oxygens (including phenoxy) is 2. The molecule has 10 heteroatoms. The van der Waals surface area contributed by atoms with E-state index in [0.717, 1.165) is 34.7 Å². The Morgan fingerprint density at radius 3 is 2.39 bits per heavy atom. The quantitative estimate of drug-likeness (QED) is 0.261. The molecule has 9 nitrogen and oxygen atoms in total. The zero-order valence-corrected chi connectivity index (χ0v) is 27.7. The van der Waals surface area contributed by atoms with Gasteiger partial charge in [0.2, 0.25) is 5.90 Å². The normalized spacial score (nSPS) is 17.0. The van der Waals surface area contributed by atoms with Crippen molar-refractivity contribution in [2.24, 2.45) is 0 Å². The first-order valence-electron chi connectivity index (χ1n) is 14.9. The van der Waals surface area contributed by atoms with Crippen molar-refractivity contribution in [3.8, 4) is 0 Å². The molecular formula is C34H44N5O4S+. The summed E-state index contributed by atoms with van der Waals surface area (Å²) in [6.07, 6.45) is 1.20. The molecule has 2 heterocycles. The van der Waals surface area contributed by atoms with E-state index in [1.54, 1.807) is 58.2 Å². The number of nitrogens with two attached hydrogens (primary N) is 1. The maximum Gasteiger partial charge on any atom is 0.411 e. The first-order chi connectivity index (χ1) is 20.6. The van der Waals surface area contributed by atoms with Crippen LogP contribution in [0.3, 0.4) is 0 Å². The van der Waals surface area contributed by atoms with E-state index in [-0.39, 0.29) is 29.7 Å². The molecule has 1 aliphatic rings. The minimum atomic E-state index is -1.20. The highest BCUT2D eigenvalue weighted by molar-refractivity contribution is 7.09. The maximum absolute atomic E-state index is 13.8. The van der Waals surface area contributed by atoms with Gasteiger partial charge in [-0.2, -0.15) is 0 Å². The molecule has 1 aliphatic heterocycles. The summed E-state index contributed by atoms with van der Waals surface area (Å²) in [6.45, 7) is 13.6. The zero-order chi connectivity index (χ0) is 32.4. The van der Waals surface area contributed by atoms with Crippen LogP contribution in [0.2, 0.25) is 0 Å². The van der Waals surface area contributed by atoms with Crippen molar-refractivity contribution in [3.05, 3.63) is 86.9 Å². The fourth-order valence-electron chi connectivity index (χ4n) is 5.52. The number of aromatic nitrogens is 1. The Morgan fingerprint density at radius 1 is 1.11 bits per heavy atom. The monoisotopic (exact) mass is 618 g/mol. The summed E-state index contributed by atoms with van der Waals surface area (Å²) < 4.78 is 11.7. The fourth-order valence-corrected chi connectivity index (χ4v) is 6.47. The van der Waals surface area contributed by atoms with E-state index >= 15 is 0 Å². The maximum atomic E-state index is 13.8. The molecule has 0 aliphatic carbocycles. The van der Waals surface area contributed by atoms with Gasteiger partial charge in [-0.15, -0.1) is 11.3 Å². The number of carbonyl (C=O) groups is 2. The van der Waals surface area contributed by atoms with Crippen molar-refractivity contribution in [1.29, 1.82) is 5.41 Å². The highest BCUT2D eigenvalue weighted by Crippen LogP contribution is 2.36. The second-order valence-corrected chi connectivity index (χ2v) is 13.6. The number of likely N-dealkylation sites (N-methyl/N-ethyl adjacent to an activating group) is 1. The van der Waals surface area contributed by atoms with Crippen LogP contribution in [0.15, 0.2) is 53.9 Å². The van der Waals surface area contributed by atoms with Crippen molar-refractivity contribution in [3.63, 3.8) is 0 Å². The Kier molecular flexibility index (Phi) is 9.63. The van der Waals surface area contributed by atoms with Crippen molar-refractivity contribution in [1.82, 2.24) is 14.8 Å². The smallest absolute Gasteiger partial charge is 0.411 e. The lowest BCUT2D eigenvalue weighted by Gasteiger charge is -2.40. The standard InChI is InChI=1S/C34H43N5O4S/c1-21-17-25(19-26(18-21)30(40)39-16-12-15-27(39)29-37-22(2)20-44-29)28(35)42-31(36)34(7,23(3)24-13-10-9-11-14-24)38(8)32(41)43-33(4,5)6/h9-11,13-14,17-20,23,27,35-36H,12,15-16H2,1-8H3/p+1/t23?,27-,34-/m1/s1. The SMILES string of the molecule is Cc1cc(C(=N)OC(=[NH2+])[C@@](C)(C(C)c2ccccc2)N(C)C(=O)OC(C)(C)C)cc(C(=O)N2CCC[C@@H]2c2nc(C)cs2)c1. The Morgan fingerprint density at radius 2 is 1.77 bits per heavy atom. The van der Waals surface area contributed by atoms with Gasteiger partial charge in [0, 0.05) is 41.7 Å². The minimum Gasteiger partial charge on any atom is -0.444 e. The molecule has 3 aromatic rings.